The van der Waals surface area contributed by atoms with Crippen molar-refractivity contribution in [3.63, 3.8) is 0 Å². The summed E-state index contributed by atoms with van der Waals surface area (Å²) in [4.78, 5) is 2.39. The third-order valence-electron chi connectivity index (χ3n) is 3.79. The Bertz CT molecular complexity index is 500. The molecule has 0 heterocycles. The van der Waals surface area contributed by atoms with Gasteiger partial charge in [-0.25, -0.2) is 0 Å². The Hall–Kier alpha value is -1.79. The highest BCUT2D eigenvalue weighted by molar-refractivity contribution is 5.99. The summed E-state index contributed by atoms with van der Waals surface area (Å²) < 4.78 is 5.21. The van der Waals surface area contributed by atoms with Gasteiger partial charge in [-0.3, -0.25) is 0 Å². The standard InChI is InChI=1S/C15H24N4O2/c1-19(12-4-5-12)8-7-17-10-11-3-6-14(21-2)13(9-11)15(16)18-20/h3,6,9,12,17,20H,4-5,7-8,10H2,1-2H3,(H2,16,18). The van der Waals surface area contributed by atoms with Gasteiger partial charge >= 0.3 is 0 Å². The number of nitrogens with two attached hydrogens (primary N) is 1. The third-order valence-corrected chi connectivity index (χ3v) is 3.79. The second-order valence-electron chi connectivity index (χ2n) is 5.41. The Kier molecular flexibility index (Phi) is 5.41. The fourth-order valence-electron chi connectivity index (χ4n) is 2.31. The minimum atomic E-state index is 0.0576. The van der Waals surface area contributed by atoms with Gasteiger partial charge in [0.25, 0.3) is 0 Å². The molecule has 0 atom stereocenters. The lowest BCUT2D eigenvalue weighted by Crippen LogP contribution is -2.30. The van der Waals surface area contributed by atoms with Crippen molar-refractivity contribution in [2.75, 3.05) is 27.2 Å². The molecule has 116 valence electrons. The minimum absolute atomic E-state index is 0.0576. The van der Waals surface area contributed by atoms with Crippen molar-refractivity contribution >= 4 is 5.84 Å². The molecule has 0 saturated heterocycles. The Labute approximate surface area is 125 Å². The molecule has 2 rings (SSSR count). The Balaban J connectivity index is 1.87. The second kappa shape index (κ2) is 7.28. The molecule has 1 aliphatic rings. The first kappa shape index (κ1) is 15.6. The van der Waals surface area contributed by atoms with E-state index >= 15 is 0 Å². The number of likely N-dealkylation sites (N-methyl/N-ethyl adjacent to an activating group) is 1. The maximum absolute atomic E-state index is 8.82. The van der Waals surface area contributed by atoms with E-state index in [2.05, 4.69) is 22.4 Å². The topological polar surface area (TPSA) is 83.1 Å². The monoisotopic (exact) mass is 292 g/mol. The molecule has 0 bridgehead atoms. The maximum atomic E-state index is 8.82. The van der Waals surface area contributed by atoms with Crippen LogP contribution in [0.1, 0.15) is 24.0 Å². The predicted molar refractivity (Wildman–Crippen MR) is 82.9 cm³/mol. The highest BCUT2D eigenvalue weighted by Gasteiger charge is 2.25. The van der Waals surface area contributed by atoms with Crippen LogP contribution >= 0.6 is 0 Å². The van der Waals surface area contributed by atoms with Gasteiger partial charge in [0.05, 0.1) is 12.7 Å². The molecule has 1 aromatic rings. The number of hydrogen-bond donors (Lipinski definition) is 3. The summed E-state index contributed by atoms with van der Waals surface area (Å²) in [7, 11) is 3.73. The first-order valence-electron chi connectivity index (χ1n) is 7.21. The van der Waals surface area contributed by atoms with Crippen LogP contribution in [0.25, 0.3) is 0 Å². The van der Waals surface area contributed by atoms with E-state index in [9.17, 15) is 0 Å². The van der Waals surface area contributed by atoms with Gasteiger partial charge in [-0.1, -0.05) is 11.2 Å². The minimum Gasteiger partial charge on any atom is -0.496 e. The highest BCUT2D eigenvalue weighted by atomic mass is 16.5. The van der Waals surface area contributed by atoms with E-state index in [1.165, 1.54) is 12.8 Å². The second-order valence-corrected chi connectivity index (χ2v) is 5.41. The summed E-state index contributed by atoms with van der Waals surface area (Å²) in [6, 6.07) is 6.48. The van der Waals surface area contributed by atoms with Crippen molar-refractivity contribution in [2.45, 2.75) is 25.4 Å². The average Bonchev–Trinajstić information content (AvgIpc) is 3.35. The van der Waals surface area contributed by atoms with Crippen LogP contribution in [0.4, 0.5) is 0 Å². The van der Waals surface area contributed by atoms with E-state index in [-0.39, 0.29) is 5.84 Å². The Morgan fingerprint density at radius 3 is 2.90 bits per heavy atom. The summed E-state index contributed by atoms with van der Waals surface area (Å²) in [6.07, 6.45) is 2.66. The fourth-order valence-corrected chi connectivity index (χ4v) is 2.31. The van der Waals surface area contributed by atoms with Crippen molar-refractivity contribution in [2.24, 2.45) is 10.9 Å². The van der Waals surface area contributed by atoms with Gasteiger partial charge in [-0.15, -0.1) is 0 Å². The van der Waals surface area contributed by atoms with Crippen molar-refractivity contribution in [3.05, 3.63) is 29.3 Å². The molecule has 0 spiro atoms. The quantitative estimate of drug-likeness (QED) is 0.219. The average molecular weight is 292 g/mol. The summed E-state index contributed by atoms with van der Waals surface area (Å²) >= 11 is 0. The summed E-state index contributed by atoms with van der Waals surface area (Å²) in [5, 5.41) is 15.3. The van der Waals surface area contributed by atoms with Gasteiger partial charge in [0.1, 0.15) is 5.75 Å². The van der Waals surface area contributed by atoms with E-state index in [1.807, 2.05) is 18.2 Å². The number of methoxy groups -OCH3 is 1. The largest absolute Gasteiger partial charge is 0.496 e. The van der Waals surface area contributed by atoms with Crippen molar-refractivity contribution in [3.8, 4) is 5.75 Å². The zero-order valence-electron chi connectivity index (χ0n) is 12.7. The third kappa shape index (κ3) is 4.34. The van der Waals surface area contributed by atoms with Gasteiger partial charge in [-0.2, -0.15) is 0 Å². The molecule has 0 aromatic heterocycles. The molecule has 1 aliphatic carbocycles. The Morgan fingerprint density at radius 1 is 1.52 bits per heavy atom. The van der Waals surface area contributed by atoms with Crippen molar-refractivity contribution in [1.29, 1.82) is 0 Å². The smallest absolute Gasteiger partial charge is 0.173 e. The van der Waals surface area contributed by atoms with Crippen LogP contribution < -0.4 is 15.8 Å². The predicted octanol–water partition coefficient (Wildman–Crippen LogP) is 0.974. The van der Waals surface area contributed by atoms with E-state index in [4.69, 9.17) is 15.7 Å². The number of oxime groups is 1. The van der Waals surface area contributed by atoms with Crippen LogP contribution in [0.2, 0.25) is 0 Å². The first-order chi connectivity index (χ1) is 10.2. The van der Waals surface area contributed by atoms with Crippen molar-refractivity contribution in [1.82, 2.24) is 10.2 Å². The molecule has 1 saturated carbocycles. The van der Waals surface area contributed by atoms with Crippen LogP contribution in [-0.4, -0.2) is 49.2 Å². The summed E-state index contributed by atoms with van der Waals surface area (Å²) in [5.41, 5.74) is 7.35. The number of nitrogens with one attached hydrogen (secondary N) is 1. The van der Waals surface area contributed by atoms with Crippen LogP contribution in [0.5, 0.6) is 5.75 Å². The van der Waals surface area contributed by atoms with Crippen LogP contribution in [0.3, 0.4) is 0 Å². The molecule has 1 aromatic carbocycles. The number of amidine groups is 1. The fraction of sp³-hybridized carbons (Fsp3) is 0.533. The highest BCUT2D eigenvalue weighted by Crippen LogP contribution is 2.24. The van der Waals surface area contributed by atoms with E-state index in [0.29, 0.717) is 11.3 Å². The van der Waals surface area contributed by atoms with Crippen LogP contribution in [0, 0.1) is 0 Å². The molecule has 4 N–H and O–H groups in total. The molecule has 6 heteroatoms. The van der Waals surface area contributed by atoms with E-state index < -0.39 is 0 Å². The molecule has 0 radical (unpaired) electrons. The zero-order valence-corrected chi connectivity index (χ0v) is 12.7. The summed E-state index contributed by atoms with van der Waals surface area (Å²) in [5.74, 6) is 0.657. The number of rotatable bonds is 8. The van der Waals surface area contributed by atoms with Gasteiger partial charge in [0.2, 0.25) is 0 Å². The summed E-state index contributed by atoms with van der Waals surface area (Å²) in [6.45, 7) is 2.74. The maximum Gasteiger partial charge on any atom is 0.173 e. The lowest BCUT2D eigenvalue weighted by atomic mass is 10.1. The number of benzene rings is 1. The molecular weight excluding hydrogens is 268 g/mol. The number of nitrogens with zero attached hydrogens (tertiary/aromatic N) is 2. The molecule has 21 heavy (non-hydrogen) atoms. The molecule has 0 amide bonds. The van der Waals surface area contributed by atoms with Gasteiger partial charge in [0.15, 0.2) is 5.84 Å². The normalized spacial score (nSPS) is 15.5. The number of ether oxygens (including phenoxy) is 1. The van der Waals surface area contributed by atoms with Crippen LogP contribution in [0.15, 0.2) is 23.4 Å². The number of hydrogen-bond acceptors (Lipinski definition) is 5. The van der Waals surface area contributed by atoms with Gasteiger partial charge in [-0.05, 0) is 37.6 Å². The lowest BCUT2D eigenvalue weighted by molar-refractivity contribution is 0.318. The molecular formula is C15H24N4O2. The van der Waals surface area contributed by atoms with Crippen LogP contribution in [-0.2, 0) is 6.54 Å². The Morgan fingerprint density at radius 2 is 2.29 bits per heavy atom. The SMILES string of the molecule is COc1ccc(CNCCN(C)C2CC2)cc1C(N)=NO. The molecule has 0 aliphatic heterocycles. The lowest BCUT2D eigenvalue weighted by Gasteiger charge is -2.16. The van der Waals surface area contributed by atoms with Gasteiger partial charge < -0.3 is 25.9 Å². The zero-order chi connectivity index (χ0) is 15.2. The van der Waals surface area contributed by atoms with E-state index in [0.717, 1.165) is 31.2 Å². The molecule has 1 fully saturated rings. The van der Waals surface area contributed by atoms with E-state index in [1.54, 1.807) is 7.11 Å². The molecule has 0 unspecified atom stereocenters. The first-order valence-corrected chi connectivity index (χ1v) is 7.21. The van der Waals surface area contributed by atoms with Gasteiger partial charge in [0, 0.05) is 25.7 Å². The molecule has 6 nitrogen and oxygen atoms in total. The van der Waals surface area contributed by atoms with Crippen molar-refractivity contribution < 1.29 is 9.94 Å².